The van der Waals surface area contributed by atoms with E-state index >= 15 is 0 Å². The van der Waals surface area contributed by atoms with E-state index < -0.39 is 0 Å². The topological polar surface area (TPSA) is 55.0 Å². The van der Waals surface area contributed by atoms with Gasteiger partial charge in [0.15, 0.2) is 5.15 Å². The molecule has 1 aromatic heterocycles. The molecule has 2 aromatic carbocycles. The first-order valence-corrected chi connectivity index (χ1v) is 9.18. The van der Waals surface area contributed by atoms with E-state index in [-0.39, 0.29) is 5.92 Å². The molecule has 2 heterocycles. The van der Waals surface area contributed by atoms with Crippen molar-refractivity contribution in [2.75, 3.05) is 18.8 Å². The van der Waals surface area contributed by atoms with Crippen molar-refractivity contribution in [2.24, 2.45) is 0 Å². The van der Waals surface area contributed by atoms with E-state index in [4.69, 9.17) is 17.3 Å². The van der Waals surface area contributed by atoms with Gasteiger partial charge in [0.05, 0.1) is 0 Å². The van der Waals surface area contributed by atoms with Gasteiger partial charge in [-0.25, -0.2) is 0 Å². The van der Waals surface area contributed by atoms with Crippen molar-refractivity contribution in [3.05, 3.63) is 88.6 Å². The summed E-state index contributed by atoms with van der Waals surface area (Å²) in [5, 5.41) is 8.30. The first-order chi connectivity index (χ1) is 12.7. The summed E-state index contributed by atoms with van der Waals surface area (Å²) in [7, 11) is 0. The minimum absolute atomic E-state index is 0.245. The molecule has 2 N–H and O–H groups in total. The van der Waals surface area contributed by atoms with Gasteiger partial charge in [0.1, 0.15) is 5.82 Å². The summed E-state index contributed by atoms with van der Waals surface area (Å²) in [6.45, 7) is 2.82. The molecule has 3 aromatic rings. The lowest BCUT2D eigenvalue weighted by atomic mass is 9.84. The third kappa shape index (κ3) is 3.57. The Morgan fingerprint density at radius 2 is 1.58 bits per heavy atom. The van der Waals surface area contributed by atoms with Crippen LogP contribution in [0.3, 0.4) is 0 Å². The zero-order valence-corrected chi connectivity index (χ0v) is 15.2. The SMILES string of the molecule is Nc1nnc(Cl)cc1C1CN(Cc2ccccc2)CC1c1ccccc1. The second-order valence-corrected chi connectivity index (χ2v) is 7.20. The van der Waals surface area contributed by atoms with Crippen molar-refractivity contribution >= 4 is 17.4 Å². The molecular weight excluding hydrogens is 344 g/mol. The van der Waals surface area contributed by atoms with Gasteiger partial charge in [-0.2, -0.15) is 0 Å². The zero-order chi connectivity index (χ0) is 17.9. The lowest BCUT2D eigenvalue weighted by molar-refractivity contribution is 0.324. The highest BCUT2D eigenvalue weighted by atomic mass is 35.5. The highest BCUT2D eigenvalue weighted by Crippen LogP contribution is 2.41. The Labute approximate surface area is 158 Å². The summed E-state index contributed by atoms with van der Waals surface area (Å²) in [4.78, 5) is 2.48. The number of anilines is 1. The van der Waals surface area contributed by atoms with E-state index in [0.29, 0.717) is 16.9 Å². The largest absolute Gasteiger partial charge is 0.382 e. The van der Waals surface area contributed by atoms with Crippen LogP contribution in [0, 0.1) is 0 Å². The normalized spacial score (nSPS) is 20.3. The van der Waals surface area contributed by atoms with Crippen LogP contribution in [0.4, 0.5) is 5.82 Å². The van der Waals surface area contributed by atoms with E-state index in [1.807, 2.05) is 12.1 Å². The van der Waals surface area contributed by atoms with Gasteiger partial charge in [0.25, 0.3) is 0 Å². The van der Waals surface area contributed by atoms with Crippen molar-refractivity contribution < 1.29 is 0 Å². The summed E-state index contributed by atoms with van der Waals surface area (Å²) < 4.78 is 0. The summed E-state index contributed by atoms with van der Waals surface area (Å²) >= 11 is 6.11. The molecule has 4 nitrogen and oxygen atoms in total. The number of hydrogen-bond donors (Lipinski definition) is 1. The van der Waals surface area contributed by atoms with Crippen LogP contribution in [0.15, 0.2) is 66.7 Å². The number of nitrogens with zero attached hydrogens (tertiary/aromatic N) is 3. The second-order valence-electron chi connectivity index (χ2n) is 6.81. The Morgan fingerprint density at radius 1 is 0.923 bits per heavy atom. The molecule has 0 saturated carbocycles. The number of nitrogen functional groups attached to an aromatic ring is 1. The number of halogens is 1. The van der Waals surface area contributed by atoms with Gasteiger partial charge >= 0.3 is 0 Å². The van der Waals surface area contributed by atoms with Crippen LogP contribution in [0.2, 0.25) is 5.15 Å². The summed E-state index contributed by atoms with van der Waals surface area (Å²) in [5.74, 6) is 1.07. The van der Waals surface area contributed by atoms with E-state index in [2.05, 4.69) is 69.7 Å². The molecule has 26 heavy (non-hydrogen) atoms. The van der Waals surface area contributed by atoms with Crippen molar-refractivity contribution in [1.29, 1.82) is 0 Å². The standard InChI is InChI=1S/C21H21ClN4/c22-20-11-17(21(23)25-24-20)19-14-26(12-15-7-3-1-4-8-15)13-18(19)16-9-5-2-6-10-16/h1-11,18-19H,12-14H2,(H2,23,25). The maximum atomic E-state index is 6.16. The maximum absolute atomic E-state index is 6.16. The number of rotatable bonds is 4. The van der Waals surface area contributed by atoms with Crippen molar-refractivity contribution in [3.63, 3.8) is 0 Å². The van der Waals surface area contributed by atoms with Gasteiger partial charge in [-0.15, -0.1) is 10.2 Å². The summed E-state index contributed by atoms with van der Waals surface area (Å²) in [6, 6.07) is 23.0. The lowest BCUT2D eigenvalue weighted by Gasteiger charge is -2.20. The third-order valence-electron chi connectivity index (χ3n) is 5.10. The van der Waals surface area contributed by atoms with Crippen LogP contribution in [-0.4, -0.2) is 28.2 Å². The molecule has 0 aliphatic carbocycles. The number of nitrogens with two attached hydrogens (primary N) is 1. The number of aromatic nitrogens is 2. The summed E-state index contributed by atoms with van der Waals surface area (Å²) in [5.41, 5.74) is 9.79. The van der Waals surface area contributed by atoms with Crippen LogP contribution in [0.5, 0.6) is 0 Å². The molecule has 5 heteroatoms. The third-order valence-corrected chi connectivity index (χ3v) is 5.28. The quantitative estimate of drug-likeness (QED) is 0.757. The molecule has 1 saturated heterocycles. The molecule has 2 unspecified atom stereocenters. The lowest BCUT2D eigenvalue weighted by Crippen LogP contribution is -2.20. The average molecular weight is 365 g/mol. The molecule has 132 valence electrons. The van der Waals surface area contributed by atoms with Gasteiger partial charge in [-0.3, -0.25) is 4.90 Å². The van der Waals surface area contributed by atoms with E-state index in [0.717, 1.165) is 25.2 Å². The smallest absolute Gasteiger partial charge is 0.152 e. The average Bonchev–Trinajstić information content (AvgIpc) is 3.09. The molecule has 4 rings (SSSR count). The molecule has 1 aliphatic rings. The van der Waals surface area contributed by atoms with Gasteiger partial charge in [0, 0.05) is 37.0 Å². The number of benzene rings is 2. The van der Waals surface area contributed by atoms with Crippen molar-refractivity contribution in [3.8, 4) is 0 Å². The number of likely N-dealkylation sites (tertiary alicyclic amines) is 1. The van der Waals surface area contributed by atoms with Gasteiger partial charge in [0.2, 0.25) is 0 Å². The second kappa shape index (κ2) is 7.44. The van der Waals surface area contributed by atoms with Crippen molar-refractivity contribution in [1.82, 2.24) is 15.1 Å². The van der Waals surface area contributed by atoms with E-state index in [1.54, 1.807) is 0 Å². The molecule has 0 amide bonds. The fourth-order valence-electron chi connectivity index (χ4n) is 3.90. The Hall–Kier alpha value is -2.43. The molecule has 2 atom stereocenters. The Bertz CT molecular complexity index is 870. The highest BCUT2D eigenvalue weighted by Gasteiger charge is 2.36. The highest BCUT2D eigenvalue weighted by molar-refractivity contribution is 6.29. The minimum atomic E-state index is 0.245. The molecule has 0 spiro atoms. The van der Waals surface area contributed by atoms with E-state index in [1.165, 1.54) is 11.1 Å². The van der Waals surface area contributed by atoms with Gasteiger partial charge in [-0.05, 0) is 17.2 Å². The zero-order valence-electron chi connectivity index (χ0n) is 14.4. The monoisotopic (exact) mass is 364 g/mol. The Kier molecular flexibility index (Phi) is 4.87. The predicted octanol–water partition coefficient (Wildman–Crippen LogP) is 4.10. The van der Waals surface area contributed by atoms with Crippen molar-refractivity contribution in [2.45, 2.75) is 18.4 Å². The predicted molar refractivity (Wildman–Crippen MR) is 105 cm³/mol. The van der Waals surface area contributed by atoms with Crippen LogP contribution in [0.1, 0.15) is 28.5 Å². The van der Waals surface area contributed by atoms with Crippen LogP contribution in [0.25, 0.3) is 0 Å². The maximum Gasteiger partial charge on any atom is 0.152 e. The molecule has 0 bridgehead atoms. The van der Waals surface area contributed by atoms with Crippen LogP contribution < -0.4 is 5.73 Å². The minimum Gasteiger partial charge on any atom is -0.382 e. The molecule has 1 aliphatic heterocycles. The number of hydrogen-bond acceptors (Lipinski definition) is 4. The first kappa shape index (κ1) is 17.0. The van der Waals surface area contributed by atoms with E-state index in [9.17, 15) is 0 Å². The fraction of sp³-hybridized carbons (Fsp3) is 0.238. The molecule has 0 radical (unpaired) electrons. The Balaban J connectivity index is 1.66. The Morgan fingerprint density at radius 3 is 2.31 bits per heavy atom. The van der Waals surface area contributed by atoms with Gasteiger partial charge in [-0.1, -0.05) is 72.3 Å². The van der Waals surface area contributed by atoms with Crippen LogP contribution in [-0.2, 0) is 6.54 Å². The molecule has 1 fully saturated rings. The first-order valence-electron chi connectivity index (χ1n) is 8.80. The molecular formula is C21H21ClN4. The summed E-state index contributed by atoms with van der Waals surface area (Å²) in [6.07, 6.45) is 0. The van der Waals surface area contributed by atoms with Gasteiger partial charge < -0.3 is 5.73 Å². The van der Waals surface area contributed by atoms with Crippen LogP contribution >= 0.6 is 11.6 Å². The fourth-order valence-corrected chi connectivity index (χ4v) is 4.05.